The summed E-state index contributed by atoms with van der Waals surface area (Å²) in [7, 11) is 0. The fourth-order valence-electron chi connectivity index (χ4n) is 2.95. The summed E-state index contributed by atoms with van der Waals surface area (Å²) >= 11 is 0. The molecule has 1 amide bonds. The first-order valence-corrected chi connectivity index (χ1v) is 9.07. The lowest BCUT2D eigenvalue weighted by Gasteiger charge is -2.11. The van der Waals surface area contributed by atoms with Crippen LogP contribution < -0.4 is 11.1 Å². The Labute approximate surface area is 170 Å². The maximum Gasteiger partial charge on any atom is 0.282 e. The molecule has 152 valence electrons. The van der Waals surface area contributed by atoms with Gasteiger partial charge in [-0.1, -0.05) is 28.6 Å². The predicted molar refractivity (Wildman–Crippen MR) is 108 cm³/mol. The zero-order chi connectivity index (χ0) is 21.3. The van der Waals surface area contributed by atoms with Crippen LogP contribution in [0.4, 0.5) is 15.9 Å². The van der Waals surface area contributed by atoms with E-state index in [1.54, 1.807) is 0 Å². The SMILES string of the molecule is Cc1cccc(C)c1NC(=O)Cn1nnc(-c2nc(-c3ccc(F)cc3)no2)c1N. The third kappa shape index (κ3) is 3.75. The van der Waals surface area contributed by atoms with Gasteiger partial charge in [0.25, 0.3) is 5.89 Å². The second-order valence-electron chi connectivity index (χ2n) is 6.73. The molecule has 0 spiro atoms. The molecular formula is C20H18FN7O2. The molecule has 2 heterocycles. The second kappa shape index (κ2) is 7.74. The Balaban J connectivity index is 1.52. The van der Waals surface area contributed by atoms with Gasteiger partial charge >= 0.3 is 0 Å². The van der Waals surface area contributed by atoms with Gasteiger partial charge < -0.3 is 15.6 Å². The number of hydrogen-bond donors (Lipinski definition) is 2. The van der Waals surface area contributed by atoms with Crippen molar-refractivity contribution in [2.24, 2.45) is 0 Å². The molecule has 0 fully saturated rings. The van der Waals surface area contributed by atoms with E-state index in [-0.39, 0.29) is 41.5 Å². The van der Waals surface area contributed by atoms with E-state index in [0.717, 1.165) is 16.8 Å². The first-order chi connectivity index (χ1) is 14.4. The van der Waals surface area contributed by atoms with E-state index in [4.69, 9.17) is 10.3 Å². The van der Waals surface area contributed by atoms with Crippen LogP contribution in [-0.2, 0) is 11.3 Å². The molecule has 9 nitrogen and oxygen atoms in total. The fraction of sp³-hybridized carbons (Fsp3) is 0.150. The smallest absolute Gasteiger partial charge is 0.282 e. The second-order valence-corrected chi connectivity index (χ2v) is 6.73. The lowest BCUT2D eigenvalue weighted by molar-refractivity contribution is -0.116. The molecule has 2 aromatic carbocycles. The lowest BCUT2D eigenvalue weighted by atomic mass is 10.1. The number of hydrogen-bond acceptors (Lipinski definition) is 7. The van der Waals surface area contributed by atoms with E-state index in [9.17, 15) is 9.18 Å². The monoisotopic (exact) mass is 407 g/mol. The topological polar surface area (TPSA) is 125 Å². The van der Waals surface area contributed by atoms with Crippen molar-refractivity contribution in [3.63, 3.8) is 0 Å². The zero-order valence-corrected chi connectivity index (χ0v) is 16.3. The van der Waals surface area contributed by atoms with Crippen molar-refractivity contribution < 1.29 is 13.7 Å². The highest BCUT2D eigenvalue weighted by atomic mass is 19.1. The van der Waals surface area contributed by atoms with Crippen LogP contribution in [-0.4, -0.2) is 31.0 Å². The number of halogens is 1. The first-order valence-electron chi connectivity index (χ1n) is 9.07. The number of benzene rings is 2. The van der Waals surface area contributed by atoms with Crippen LogP contribution in [0.25, 0.3) is 23.0 Å². The Morgan fingerprint density at radius 1 is 1.17 bits per heavy atom. The van der Waals surface area contributed by atoms with Gasteiger partial charge in [-0.2, -0.15) is 4.98 Å². The Morgan fingerprint density at radius 2 is 1.87 bits per heavy atom. The quantitative estimate of drug-likeness (QED) is 0.521. The Bertz CT molecular complexity index is 1190. The molecule has 0 radical (unpaired) electrons. The lowest BCUT2D eigenvalue weighted by Crippen LogP contribution is -2.21. The Kier molecular flexibility index (Phi) is 4.97. The third-order valence-electron chi connectivity index (χ3n) is 4.54. The summed E-state index contributed by atoms with van der Waals surface area (Å²) in [5.41, 5.74) is 9.48. The highest BCUT2D eigenvalue weighted by Gasteiger charge is 2.20. The first kappa shape index (κ1) is 19.2. The van der Waals surface area contributed by atoms with Gasteiger partial charge in [0.15, 0.2) is 11.5 Å². The third-order valence-corrected chi connectivity index (χ3v) is 4.54. The maximum atomic E-state index is 13.1. The van der Waals surface area contributed by atoms with Gasteiger partial charge in [-0.25, -0.2) is 9.07 Å². The van der Waals surface area contributed by atoms with Crippen molar-refractivity contribution in [3.05, 3.63) is 59.4 Å². The molecule has 0 aliphatic heterocycles. The normalized spacial score (nSPS) is 10.9. The van der Waals surface area contributed by atoms with Gasteiger partial charge in [0.05, 0.1) is 0 Å². The van der Waals surface area contributed by atoms with Gasteiger partial charge in [-0.3, -0.25) is 4.79 Å². The average Bonchev–Trinajstić information content (AvgIpc) is 3.33. The largest absolute Gasteiger partial charge is 0.382 e. The van der Waals surface area contributed by atoms with Gasteiger partial charge in [0.2, 0.25) is 11.7 Å². The molecule has 3 N–H and O–H groups in total. The predicted octanol–water partition coefficient (Wildman–Crippen LogP) is 2.97. The van der Waals surface area contributed by atoms with Crippen LogP contribution in [0.15, 0.2) is 47.0 Å². The minimum absolute atomic E-state index is 0.0493. The van der Waals surface area contributed by atoms with Gasteiger partial charge in [0.1, 0.15) is 12.4 Å². The van der Waals surface area contributed by atoms with Crippen LogP contribution in [0.5, 0.6) is 0 Å². The van der Waals surface area contributed by atoms with Crippen LogP contribution in [0.1, 0.15) is 11.1 Å². The minimum Gasteiger partial charge on any atom is -0.382 e. The number of para-hydroxylation sites is 1. The summed E-state index contributed by atoms with van der Waals surface area (Å²) in [6.07, 6.45) is 0. The molecule has 0 aliphatic carbocycles. The van der Waals surface area contributed by atoms with Crippen LogP contribution >= 0.6 is 0 Å². The summed E-state index contributed by atoms with van der Waals surface area (Å²) in [6, 6.07) is 11.4. The molecule has 0 aliphatic rings. The molecule has 0 unspecified atom stereocenters. The molecule has 0 atom stereocenters. The van der Waals surface area contributed by atoms with Gasteiger partial charge in [-0.05, 0) is 49.2 Å². The number of rotatable bonds is 5. The van der Waals surface area contributed by atoms with Crippen LogP contribution in [0.3, 0.4) is 0 Å². The molecule has 30 heavy (non-hydrogen) atoms. The Morgan fingerprint density at radius 3 is 2.57 bits per heavy atom. The number of carbonyl (C=O) groups excluding carboxylic acids is 1. The van der Waals surface area contributed by atoms with E-state index in [1.165, 1.54) is 28.9 Å². The van der Waals surface area contributed by atoms with E-state index in [0.29, 0.717) is 5.56 Å². The molecular weight excluding hydrogens is 389 g/mol. The number of nitrogen functional groups attached to an aromatic ring is 1. The summed E-state index contributed by atoms with van der Waals surface area (Å²) in [5, 5.41) is 14.6. The maximum absolute atomic E-state index is 13.1. The molecule has 10 heteroatoms. The molecule has 0 saturated carbocycles. The molecule has 4 aromatic rings. The minimum atomic E-state index is -0.367. The van der Waals surface area contributed by atoms with E-state index in [1.807, 2.05) is 32.0 Å². The molecule has 4 rings (SSSR count). The number of carbonyl (C=O) groups is 1. The van der Waals surface area contributed by atoms with Crippen molar-refractivity contribution in [1.29, 1.82) is 0 Å². The van der Waals surface area contributed by atoms with Crippen LogP contribution in [0, 0.1) is 19.7 Å². The van der Waals surface area contributed by atoms with Gasteiger partial charge in [0, 0.05) is 11.3 Å². The number of anilines is 2. The number of aryl methyl sites for hydroxylation is 2. The summed E-state index contributed by atoms with van der Waals surface area (Å²) in [4.78, 5) is 16.7. The average molecular weight is 407 g/mol. The van der Waals surface area contributed by atoms with Gasteiger partial charge in [-0.15, -0.1) is 5.10 Å². The standard InChI is InChI=1S/C20H18FN7O2/c1-11-4-3-5-12(2)16(11)23-15(29)10-28-18(22)17(25-27-28)20-24-19(26-30-20)13-6-8-14(21)9-7-13/h3-9H,10,22H2,1-2H3,(H,23,29). The van der Waals surface area contributed by atoms with Crippen LogP contribution in [0.2, 0.25) is 0 Å². The summed E-state index contributed by atoms with van der Waals surface area (Å²) < 4.78 is 19.5. The summed E-state index contributed by atoms with van der Waals surface area (Å²) in [6.45, 7) is 3.70. The number of nitrogens with zero attached hydrogens (tertiary/aromatic N) is 5. The van der Waals surface area contributed by atoms with E-state index >= 15 is 0 Å². The van der Waals surface area contributed by atoms with Crippen molar-refractivity contribution >= 4 is 17.4 Å². The van der Waals surface area contributed by atoms with E-state index in [2.05, 4.69) is 25.8 Å². The zero-order valence-electron chi connectivity index (χ0n) is 16.3. The van der Waals surface area contributed by atoms with Crippen molar-refractivity contribution in [2.75, 3.05) is 11.1 Å². The highest BCUT2D eigenvalue weighted by Crippen LogP contribution is 2.25. The van der Waals surface area contributed by atoms with Crippen molar-refractivity contribution in [1.82, 2.24) is 25.1 Å². The summed E-state index contributed by atoms with van der Waals surface area (Å²) in [5.74, 6) is -0.247. The molecule has 0 saturated heterocycles. The number of amides is 1. The van der Waals surface area contributed by atoms with Crippen molar-refractivity contribution in [3.8, 4) is 23.0 Å². The molecule has 0 bridgehead atoms. The van der Waals surface area contributed by atoms with E-state index < -0.39 is 0 Å². The number of nitrogens with two attached hydrogens (primary N) is 1. The molecule has 2 aromatic heterocycles. The van der Waals surface area contributed by atoms with Crippen molar-refractivity contribution in [2.45, 2.75) is 20.4 Å². The fourth-order valence-corrected chi connectivity index (χ4v) is 2.95. The highest BCUT2D eigenvalue weighted by molar-refractivity contribution is 5.92. The number of nitrogens with one attached hydrogen (secondary N) is 1. The Hall–Kier alpha value is -4.08. The number of aromatic nitrogens is 5.